The Kier molecular flexibility index (Phi) is 0.902. The Labute approximate surface area is 51.3 Å². The third-order valence-corrected chi connectivity index (χ3v) is 2.65. The summed E-state index contributed by atoms with van der Waals surface area (Å²) in [6.07, 6.45) is 11.4. The van der Waals surface area contributed by atoms with E-state index in [-0.39, 0.29) is 0 Å². The van der Waals surface area contributed by atoms with Crippen LogP contribution < -0.4 is 0 Å². The van der Waals surface area contributed by atoms with E-state index in [1.807, 2.05) is 0 Å². The molecule has 0 amide bonds. The van der Waals surface area contributed by atoms with Crippen LogP contribution in [0.1, 0.15) is 38.5 Å². The Hall–Kier alpha value is 0. The average Bonchev–Trinajstić information content (AvgIpc) is 2.52. The van der Waals surface area contributed by atoms with Crippen molar-refractivity contribution >= 4 is 0 Å². The SMILES string of the molecule is [CH]1CCCC2(C1)CC2. The van der Waals surface area contributed by atoms with Gasteiger partial charge in [0.2, 0.25) is 0 Å². The molecular formula is C8H13. The molecular weight excluding hydrogens is 96.1 g/mol. The van der Waals surface area contributed by atoms with Crippen LogP contribution in [0, 0.1) is 11.8 Å². The average molecular weight is 109 g/mol. The first-order chi connectivity index (χ1) is 3.91. The maximum Gasteiger partial charge on any atom is -0.0294 e. The van der Waals surface area contributed by atoms with Crippen molar-refractivity contribution in [1.82, 2.24) is 0 Å². The molecule has 0 atom stereocenters. The van der Waals surface area contributed by atoms with Crippen LogP contribution in [0.5, 0.6) is 0 Å². The van der Waals surface area contributed by atoms with E-state index < -0.39 is 0 Å². The van der Waals surface area contributed by atoms with Crippen LogP contribution in [-0.4, -0.2) is 0 Å². The Morgan fingerprint density at radius 2 is 2.00 bits per heavy atom. The van der Waals surface area contributed by atoms with Crippen molar-refractivity contribution in [2.45, 2.75) is 38.5 Å². The van der Waals surface area contributed by atoms with Gasteiger partial charge < -0.3 is 0 Å². The smallest absolute Gasteiger partial charge is 0.0294 e. The summed E-state index contributed by atoms with van der Waals surface area (Å²) in [5, 5.41) is 0. The largest absolute Gasteiger partial charge is 0.0525 e. The highest BCUT2D eigenvalue weighted by Gasteiger charge is 2.42. The number of rotatable bonds is 0. The Morgan fingerprint density at radius 3 is 2.38 bits per heavy atom. The molecule has 2 aliphatic carbocycles. The van der Waals surface area contributed by atoms with E-state index in [4.69, 9.17) is 0 Å². The maximum absolute atomic E-state index is 2.48. The van der Waals surface area contributed by atoms with Crippen LogP contribution in [0.2, 0.25) is 0 Å². The lowest BCUT2D eigenvalue weighted by Crippen LogP contribution is -2.05. The summed E-state index contributed by atoms with van der Waals surface area (Å²) in [5.41, 5.74) is 0.873. The third kappa shape index (κ3) is 0.667. The van der Waals surface area contributed by atoms with Crippen molar-refractivity contribution in [3.63, 3.8) is 0 Å². The molecule has 0 aromatic carbocycles. The maximum atomic E-state index is 2.48. The molecule has 0 saturated heterocycles. The van der Waals surface area contributed by atoms with E-state index in [9.17, 15) is 0 Å². The van der Waals surface area contributed by atoms with Crippen molar-refractivity contribution in [2.24, 2.45) is 5.41 Å². The molecule has 45 valence electrons. The molecule has 8 heavy (non-hydrogen) atoms. The summed E-state index contributed by atoms with van der Waals surface area (Å²) in [5.74, 6) is 0. The second kappa shape index (κ2) is 1.49. The van der Waals surface area contributed by atoms with Gasteiger partial charge in [-0.3, -0.25) is 0 Å². The van der Waals surface area contributed by atoms with Gasteiger partial charge in [-0.2, -0.15) is 0 Å². The monoisotopic (exact) mass is 109 g/mol. The Balaban J connectivity index is 1.95. The summed E-state index contributed by atoms with van der Waals surface area (Å²) in [7, 11) is 0. The molecule has 0 bridgehead atoms. The van der Waals surface area contributed by atoms with Crippen LogP contribution in [0.4, 0.5) is 0 Å². The highest BCUT2D eigenvalue weighted by Crippen LogP contribution is 2.55. The summed E-state index contributed by atoms with van der Waals surface area (Å²) in [4.78, 5) is 0. The molecule has 2 aliphatic rings. The molecule has 0 unspecified atom stereocenters. The second-order valence-electron chi connectivity index (χ2n) is 3.39. The van der Waals surface area contributed by atoms with Gasteiger partial charge in [0.1, 0.15) is 0 Å². The fourth-order valence-electron chi connectivity index (χ4n) is 1.76. The minimum Gasteiger partial charge on any atom is -0.0525 e. The van der Waals surface area contributed by atoms with Crippen LogP contribution in [-0.2, 0) is 0 Å². The number of hydrogen-bond acceptors (Lipinski definition) is 0. The van der Waals surface area contributed by atoms with Crippen molar-refractivity contribution < 1.29 is 0 Å². The topological polar surface area (TPSA) is 0 Å². The van der Waals surface area contributed by atoms with Crippen LogP contribution >= 0.6 is 0 Å². The van der Waals surface area contributed by atoms with E-state index in [1.165, 1.54) is 38.5 Å². The quantitative estimate of drug-likeness (QED) is 0.448. The first-order valence-electron chi connectivity index (χ1n) is 3.73. The molecule has 0 heteroatoms. The van der Waals surface area contributed by atoms with E-state index in [2.05, 4.69) is 6.42 Å². The minimum absolute atomic E-state index is 0.873. The zero-order valence-electron chi connectivity index (χ0n) is 5.32. The van der Waals surface area contributed by atoms with Gasteiger partial charge in [0.15, 0.2) is 0 Å². The van der Waals surface area contributed by atoms with Crippen LogP contribution in [0.25, 0.3) is 0 Å². The lowest BCUT2D eigenvalue weighted by Gasteiger charge is -2.19. The minimum atomic E-state index is 0.873. The van der Waals surface area contributed by atoms with Gasteiger partial charge in [0.05, 0.1) is 0 Å². The molecule has 0 nitrogen and oxygen atoms in total. The summed E-state index contributed by atoms with van der Waals surface area (Å²) in [6, 6.07) is 0. The van der Waals surface area contributed by atoms with E-state index in [1.54, 1.807) is 0 Å². The molecule has 0 heterocycles. The van der Waals surface area contributed by atoms with Gasteiger partial charge in [0.25, 0.3) is 0 Å². The Bertz CT molecular complexity index is 82.2. The first-order valence-corrected chi connectivity index (χ1v) is 3.73. The lowest BCUT2D eigenvalue weighted by molar-refractivity contribution is 0.393. The highest BCUT2D eigenvalue weighted by atomic mass is 14.5. The molecule has 1 radical (unpaired) electrons. The fraction of sp³-hybridized carbons (Fsp3) is 0.875. The molecule has 2 fully saturated rings. The molecule has 0 N–H and O–H groups in total. The van der Waals surface area contributed by atoms with Gasteiger partial charge in [-0.05, 0) is 37.5 Å². The Morgan fingerprint density at radius 1 is 1.12 bits per heavy atom. The van der Waals surface area contributed by atoms with Crippen molar-refractivity contribution in [2.75, 3.05) is 0 Å². The van der Waals surface area contributed by atoms with Gasteiger partial charge >= 0.3 is 0 Å². The van der Waals surface area contributed by atoms with Crippen molar-refractivity contribution in [3.05, 3.63) is 6.42 Å². The number of hydrogen-bond donors (Lipinski definition) is 0. The van der Waals surface area contributed by atoms with Crippen molar-refractivity contribution in [1.29, 1.82) is 0 Å². The second-order valence-corrected chi connectivity index (χ2v) is 3.39. The fourth-order valence-corrected chi connectivity index (χ4v) is 1.76. The van der Waals surface area contributed by atoms with Crippen LogP contribution in [0.3, 0.4) is 0 Å². The van der Waals surface area contributed by atoms with Gasteiger partial charge in [-0.25, -0.2) is 0 Å². The zero-order chi connectivity index (χ0) is 5.45. The van der Waals surface area contributed by atoms with Gasteiger partial charge in [-0.1, -0.05) is 12.8 Å². The molecule has 2 saturated carbocycles. The molecule has 2 rings (SSSR count). The molecule has 0 aromatic rings. The van der Waals surface area contributed by atoms with Gasteiger partial charge in [0, 0.05) is 0 Å². The van der Waals surface area contributed by atoms with E-state index >= 15 is 0 Å². The molecule has 0 aliphatic heterocycles. The molecule has 1 spiro atoms. The lowest BCUT2D eigenvalue weighted by atomic mass is 9.87. The van der Waals surface area contributed by atoms with E-state index in [0.29, 0.717) is 0 Å². The normalized spacial score (nSPS) is 33.0. The third-order valence-electron chi connectivity index (χ3n) is 2.65. The zero-order valence-corrected chi connectivity index (χ0v) is 5.32. The standard InChI is InChI=1S/C8H13/c1-2-4-8(5-3-1)6-7-8/h2H,1,3-7H2. The predicted octanol–water partition coefficient (Wildman–Crippen LogP) is 2.54. The highest BCUT2D eigenvalue weighted by molar-refractivity contribution is 4.99. The van der Waals surface area contributed by atoms with Gasteiger partial charge in [-0.15, -0.1) is 0 Å². The van der Waals surface area contributed by atoms with Crippen LogP contribution in [0.15, 0.2) is 0 Å². The molecule has 0 aromatic heterocycles. The van der Waals surface area contributed by atoms with E-state index in [0.717, 1.165) is 5.41 Å². The summed E-state index contributed by atoms with van der Waals surface area (Å²) in [6.45, 7) is 0. The first kappa shape index (κ1) is 4.84. The van der Waals surface area contributed by atoms with Crippen molar-refractivity contribution in [3.8, 4) is 0 Å². The predicted molar refractivity (Wildman–Crippen MR) is 34.4 cm³/mol. The summed E-state index contributed by atoms with van der Waals surface area (Å²) >= 11 is 0. The summed E-state index contributed by atoms with van der Waals surface area (Å²) < 4.78 is 0.